The number of nitrogens with one attached hydrogen (secondary N) is 1. The monoisotopic (exact) mass is 649 g/mol. The summed E-state index contributed by atoms with van der Waals surface area (Å²) in [5.41, 5.74) is 1.77. The summed E-state index contributed by atoms with van der Waals surface area (Å²) in [5, 5.41) is 3.38. The van der Waals surface area contributed by atoms with Crippen LogP contribution >= 0.6 is 11.6 Å². The molecule has 0 heterocycles. The molecule has 0 aromatic heterocycles. The van der Waals surface area contributed by atoms with E-state index in [-0.39, 0.29) is 35.2 Å². The van der Waals surface area contributed by atoms with Crippen molar-refractivity contribution in [2.24, 2.45) is 0 Å². The van der Waals surface area contributed by atoms with E-state index in [0.717, 1.165) is 9.87 Å². The van der Waals surface area contributed by atoms with E-state index in [1.807, 2.05) is 44.2 Å². The van der Waals surface area contributed by atoms with E-state index in [4.69, 9.17) is 11.6 Å². The van der Waals surface area contributed by atoms with Crippen LogP contribution in [-0.2, 0) is 32.6 Å². The van der Waals surface area contributed by atoms with Gasteiger partial charge in [-0.2, -0.15) is 0 Å². The fourth-order valence-corrected chi connectivity index (χ4v) is 6.66. The minimum absolute atomic E-state index is 0.0110. The van der Waals surface area contributed by atoms with Crippen molar-refractivity contribution in [3.05, 3.63) is 131 Å². The Morgan fingerprint density at radius 2 is 1.53 bits per heavy atom. The highest BCUT2D eigenvalue weighted by Crippen LogP contribution is 2.29. The highest BCUT2D eigenvalue weighted by molar-refractivity contribution is 7.92. The number of amides is 2. The van der Waals surface area contributed by atoms with Crippen LogP contribution in [0.3, 0.4) is 0 Å². The Morgan fingerprint density at radius 1 is 0.911 bits per heavy atom. The van der Waals surface area contributed by atoms with Gasteiger partial charge >= 0.3 is 0 Å². The molecule has 4 aromatic carbocycles. The summed E-state index contributed by atoms with van der Waals surface area (Å²) in [7, 11) is -4.26. The normalized spacial score (nSPS) is 12.6. The molecule has 0 aliphatic rings. The lowest BCUT2D eigenvalue weighted by Crippen LogP contribution is -2.54. The van der Waals surface area contributed by atoms with Crippen LogP contribution in [0.4, 0.5) is 10.1 Å². The molecule has 2 unspecified atom stereocenters. The van der Waals surface area contributed by atoms with E-state index in [1.165, 1.54) is 23.1 Å². The largest absolute Gasteiger partial charge is 0.352 e. The molecular weight excluding hydrogens is 613 g/mol. The molecule has 0 radical (unpaired) electrons. The van der Waals surface area contributed by atoms with Crippen molar-refractivity contribution >= 4 is 39.1 Å². The van der Waals surface area contributed by atoms with Crippen LogP contribution in [0.1, 0.15) is 37.0 Å². The number of rotatable bonds is 13. The van der Waals surface area contributed by atoms with Gasteiger partial charge in [0.15, 0.2) is 0 Å². The molecule has 1 N–H and O–H groups in total. The van der Waals surface area contributed by atoms with Gasteiger partial charge in [0.25, 0.3) is 10.0 Å². The first-order chi connectivity index (χ1) is 21.5. The Bertz CT molecular complexity index is 1720. The Morgan fingerprint density at radius 3 is 2.16 bits per heavy atom. The lowest BCUT2D eigenvalue weighted by molar-refractivity contribution is -0.140. The summed E-state index contributed by atoms with van der Waals surface area (Å²) in [6.45, 7) is 4.60. The first-order valence-corrected chi connectivity index (χ1v) is 16.5. The van der Waals surface area contributed by atoms with E-state index < -0.39 is 40.2 Å². The first-order valence-electron chi connectivity index (χ1n) is 14.7. The number of halogens is 2. The van der Waals surface area contributed by atoms with E-state index in [9.17, 15) is 18.0 Å². The Labute approximate surface area is 269 Å². The molecule has 4 rings (SSSR count). The average Bonchev–Trinajstić information content (AvgIpc) is 3.03. The second-order valence-corrected chi connectivity index (χ2v) is 13.2. The molecule has 0 saturated heterocycles. The highest BCUT2D eigenvalue weighted by Gasteiger charge is 2.35. The van der Waals surface area contributed by atoms with Crippen molar-refractivity contribution < 1.29 is 22.4 Å². The van der Waals surface area contributed by atoms with Crippen LogP contribution < -0.4 is 9.62 Å². The molecule has 45 heavy (non-hydrogen) atoms. The van der Waals surface area contributed by atoms with Gasteiger partial charge in [-0.3, -0.25) is 13.9 Å². The third-order valence-corrected chi connectivity index (χ3v) is 9.62. The van der Waals surface area contributed by atoms with Gasteiger partial charge in [-0.05, 0) is 67.8 Å². The number of carbonyl (C=O) groups excluding carboxylic acids is 2. The molecular formula is C35H37ClFN3O4S. The van der Waals surface area contributed by atoms with Crippen LogP contribution in [0.2, 0.25) is 5.02 Å². The van der Waals surface area contributed by atoms with E-state index in [2.05, 4.69) is 5.32 Å². The number of hydrogen-bond acceptors (Lipinski definition) is 4. The Kier molecular flexibility index (Phi) is 11.4. The van der Waals surface area contributed by atoms with Crippen molar-refractivity contribution in [3.8, 4) is 0 Å². The van der Waals surface area contributed by atoms with E-state index in [0.29, 0.717) is 17.0 Å². The molecule has 2 atom stereocenters. The lowest BCUT2D eigenvalue weighted by Gasteiger charge is -2.34. The van der Waals surface area contributed by atoms with Gasteiger partial charge in [0.2, 0.25) is 11.8 Å². The standard InChI is InChI=1S/C35H37ClFN3O4S/c1-4-26(3)38-35(42)33(22-27-13-7-5-8-14-27)39(23-28-15-11-12-18-31(28)37)34(41)24-40(32-20-19-29(36)21-25(32)2)45(43,44)30-16-9-6-10-17-30/h5-21,26,33H,4,22-24H2,1-3H3,(H,38,42). The predicted octanol–water partition coefficient (Wildman–Crippen LogP) is 6.54. The number of sulfonamides is 1. The molecule has 0 fully saturated rings. The highest BCUT2D eigenvalue weighted by atomic mass is 35.5. The molecule has 0 spiro atoms. The van der Waals surface area contributed by atoms with Crippen molar-refractivity contribution in [2.45, 2.75) is 57.1 Å². The zero-order valence-electron chi connectivity index (χ0n) is 25.5. The van der Waals surface area contributed by atoms with E-state index in [1.54, 1.807) is 61.5 Å². The van der Waals surface area contributed by atoms with Crippen molar-refractivity contribution in [1.29, 1.82) is 0 Å². The zero-order valence-corrected chi connectivity index (χ0v) is 27.1. The van der Waals surface area contributed by atoms with Crippen LogP contribution in [0.15, 0.2) is 108 Å². The zero-order chi connectivity index (χ0) is 32.6. The van der Waals surface area contributed by atoms with Gasteiger partial charge in [0, 0.05) is 29.6 Å². The third-order valence-electron chi connectivity index (χ3n) is 7.61. The van der Waals surface area contributed by atoms with Crippen LogP contribution in [0.5, 0.6) is 0 Å². The smallest absolute Gasteiger partial charge is 0.264 e. The fourth-order valence-electron chi connectivity index (χ4n) is 4.94. The number of nitrogens with zero attached hydrogens (tertiary/aromatic N) is 2. The molecule has 10 heteroatoms. The molecule has 236 valence electrons. The quantitative estimate of drug-likeness (QED) is 0.178. The maximum Gasteiger partial charge on any atom is 0.264 e. The number of benzene rings is 4. The maximum atomic E-state index is 15.0. The first kappa shape index (κ1) is 33.7. The number of hydrogen-bond donors (Lipinski definition) is 1. The molecule has 0 bridgehead atoms. The van der Waals surface area contributed by atoms with Crippen LogP contribution in [-0.4, -0.2) is 43.8 Å². The maximum absolute atomic E-state index is 15.0. The molecule has 0 saturated carbocycles. The van der Waals surface area contributed by atoms with Crippen LogP contribution in [0, 0.1) is 12.7 Å². The molecule has 4 aromatic rings. The average molecular weight is 650 g/mol. The number of anilines is 1. The number of aryl methyl sites for hydroxylation is 1. The Balaban J connectivity index is 1.83. The lowest BCUT2D eigenvalue weighted by atomic mass is 10.0. The van der Waals surface area contributed by atoms with Gasteiger partial charge in [-0.15, -0.1) is 0 Å². The van der Waals surface area contributed by atoms with Crippen molar-refractivity contribution in [1.82, 2.24) is 10.2 Å². The minimum Gasteiger partial charge on any atom is -0.352 e. The minimum atomic E-state index is -4.26. The summed E-state index contributed by atoms with van der Waals surface area (Å²) in [5.74, 6) is -1.64. The second kappa shape index (κ2) is 15.2. The molecule has 0 aliphatic heterocycles. The summed E-state index contributed by atoms with van der Waals surface area (Å²) < 4.78 is 44.3. The van der Waals surface area contributed by atoms with Gasteiger partial charge < -0.3 is 10.2 Å². The SMILES string of the molecule is CCC(C)NC(=O)C(Cc1ccccc1)N(Cc1ccccc1F)C(=O)CN(c1ccc(Cl)cc1C)S(=O)(=O)c1ccccc1. The van der Waals surface area contributed by atoms with Gasteiger partial charge in [-0.1, -0.05) is 85.3 Å². The molecule has 2 amide bonds. The summed E-state index contributed by atoms with van der Waals surface area (Å²) in [4.78, 5) is 29.6. The summed E-state index contributed by atoms with van der Waals surface area (Å²) in [6.07, 6.45) is 0.790. The van der Waals surface area contributed by atoms with E-state index >= 15 is 4.39 Å². The van der Waals surface area contributed by atoms with Crippen LogP contribution in [0.25, 0.3) is 0 Å². The van der Waals surface area contributed by atoms with Gasteiger partial charge in [0.05, 0.1) is 10.6 Å². The topological polar surface area (TPSA) is 86.8 Å². The van der Waals surface area contributed by atoms with Crippen molar-refractivity contribution in [2.75, 3.05) is 10.8 Å². The number of carbonyl (C=O) groups is 2. The van der Waals surface area contributed by atoms with Crippen molar-refractivity contribution in [3.63, 3.8) is 0 Å². The van der Waals surface area contributed by atoms with Gasteiger partial charge in [0.1, 0.15) is 18.4 Å². The summed E-state index contributed by atoms with van der Waals surface area (Å²) in [6, 6.07) is 26.5. The summed E-state index contributed by atoms with van der Waals surface area (Å²) >= 11 is 6.20. The Hall–Kier alpha value is -4.21. The predicted molar refractivity (Wildman–Crippen MR) is 176 cm³/mol. The fraction of sp³-hybridized carbons (Fsp3) is 0.257. The van der Waals surface area contributed by atoms with Gasteiger partial charge in [-0.25, -0.2) is 12.8 Å². The molecule has 7 nitrogen and oxygen atoms in total. The second-order valence-electron chi connectivity index (χ2n) is 10.9. The third kappa shape index (κ3) is 8.49. The molecule has 0 aliphatic carbocycles.